The maximum Gasteiger partial charge on any atom is 0.416 e. The molecule has 0 radical (unpaired) electrons. The van der Waals surface area contributed by atoms with Crippen LogP contribution in [0.2, 0.25) is 0 Å². The van der Waals surface area contributed by atoms with Crippen LogP contribution in [-0.2, 0) is 11.0 Å². The number of alkyl halides is 4. The van der Waals surface area contributed by atoms with E-state index in [0.717, 1.165) is 12.1 Å². The SMILES string of the molecule is CC(C)C(Br)C(=O)Nc1ccc(C(F)(F)F)cc1. The van der Waals surface area contributed by atoms with Gasteiger partial charge in [0.2, 0.25) is 5.91 Å². The van der Waals surface area contributed by atoms with Gasteiger partial charge in [0.25, 0.3) is 0 Å². The Kier molecular flexibility index (Phi) is 4.78. The molecule has 0 saturated heterocycles. The van der Waals surface area contributed by atoms with E-state index >= 15 is 0 Å². The third-order valence-corrected chi connectivity index (χ3v) is 3.79. The summed E-state index contributed by atoms with van der Waals surface area (Å²) >= 11 is 3.22. The number of carbonyl (C=O) groups is 1. The molecule has 1 aromatic carbocycles. The first-order valence-electron chi connectivity index (χ1n) is 5.34. The van der Waals surface area contributed by atoms with Crippen LogP contribution in [0.5, 0.6) is 0 Å². The van der Waals surface area contributed by atoms with E-state index in [-0.39, 0.29) is 16.7 Å². The van der Waals surface area contributed by atoms with Crippen LogP contribution >= 0.6 is 15.9 Å². The molecular weight excluding hydrogens is 311 g/mol. The number of hydrogen-bond donors (Lipinski definition) is 1. The van der Waals surface area contributed by atoms with E-state index in [1.54, 1.807) is 0 Å². The number of nitrogens with one attached hydrogen (secondary N) is 1. The predicted molar refractivity (Wildman–Crippen MR) is 67.6 cm³/mol. The maximum atomic E-state index is 12.3. The molecule has 1 N–H and O–H groups in total. The van der Waals surface area contributed by atoms with Gasteiger partial charge in [0.05, 0.1) is 10.4 Å². The van der Waals surface area contributed by atoms with Crippen molar-refractivity contribution in [2.75, 3.05) is 5.32 Å². The molecule has 6 heteroatoms. The summed E-state index contributed by atoms with van der Waals surface area (Å²) in [4.78, 5) is 11.3. The molecule has 1 unspecified atom stereocenters. The monoisotopic (exact) mass is 323 g/mol. The van der Waals surface area contributed by atoms with Gasteiger partial charge in [-0.25, -0.2) is 0 Å². The smallest absolute Gasteiger partial charge is 0.325 e. The minimum absolute atomic E-state index is 0.0967. The van der Waals surface area contributed by atoms with Crippen molar-refractivity contribution in [3.8, 4) is 0 Å². The summed E-state index contributed by atoms with van der Waals surface area (Å²) in [5.41, 5.74) is -0.391. The lowest BCUT2D eigenvalue weighted by Gasteiger charge is -2.14. The molecule has 1 amide bonds. The normalized spacial score (nSPS) is 13.5. The molecule has 18 heavy (non-hydrogen) atoms. The molecular formula is C12H13BrF3NO. The lowest BCUT2D eigenvalue weighted by atomic mass is 10.1. The highest BCUT2D eigenvalue weighted by molar-refractivity contribution is 9.10. The van der Waals surface area contributed by atoms with Gasteiger partial charge in [0.15, 0.2) is 0 Å². The van der Waals surface area contributed by atoms with E-state index in [9.17, 15) is 18.0 Å². The van der Waals surface area contributed by atoms with Crippen molar-refractivity contribution in [2.45, 2.75) is 24.9 Å². The van der Waals surface area contributed by atoms with E-state index in [4.69, 9.17) is 0 Å². The van der Waals surface area contributed by atoms with Crippen molar-refractivity contribution in [3.63, 3.8) is 0 Å². The lowest BCUT2D eigenvalue weighted by Crippen LogP contribution is -2.26. The Morgan fingerprint density at radius 1 is 1.22 bits per heavy atom. The zero-order valence-electron chi connectivity index (χ0n) is 9.88. The summed E-state index contributed by atoms with van der Waals surface area (Å²) in [6.45, 7) is 3.73. The third kappa shape index (κ3) is 4.01. The Morgan fingerprint density at radius 3 is 2.11 bits per heavy atom. The molecule has 0 aromatic heterocycles. The molecule has 1 atom stereocenters. The van der Waals surface area contributed by atoms with Gasteiger partial charge >= 0.3 is 6.18 Å². The largest absolute Gasteiger partial charge is 0.416 e. The Labute approximate surface area is 112 Å². The molecule has 0 bridgehead atoms. The molecule has 0 aliphatic heterocycles. The van der Waals surface area contributed by atoms with Gasteiger partial charge in [-0.1, -0.05) is 29.8 Å². The molecule has 0 aliphatic carbocycles. The number of halogens is 4. The molecule has 0 spiro atoms. The summed E-state index contributed by atoms with van der Waals surface area (Å²) in [6.07, 6.45) is -4.36. The highest BCUT2D eigenvalue weighted by Gasteiger charge is 2.30. The summed E-state index contributed by atoms with van der Waals surface area (Å²) < 4.78 is 37.0. The van der Waals surface area contributed by atoms with E-state index in [0.29, 0.717) is 5.69 Å². The molecule has 0 heterocycles. The minimum atomic E-state index is -4.36. The highest BCUT2D eigenvalue weighted by atomic mass is 79.9. The number of carbonyl (C=O) groups excluding carboxylic acids is 1. The third-order valence-electron chi connectivity index (χ3n) is 2.32. The fraction of sp³-hybridized carbons (Fsp3) is 0.417. The standard InChI is InChI=1S/C12H13BrF3NO/c1-7(2)10(13)11(18)17-9-5-3-8(4-6-9)12(14,15)16/h3-7,10H,1-2H3,(H,17,18). The Bertz CT molecular complexity index is 414. The molecule has 1 rings (SSSR count). The topological polar surface area (TPSA) is 29.1 Å². The molecule has 100 valence electrons. The van der Waals surface area contributed by atoms with Crippen LogP contribution in [0.1, 0.15) is 19.4 Å². The first kappa shape index (κ1) is 15.0. The van der Waals surface area contributed by atoms with Crippen LogP contribution in [0.25, 0.3) is 0 Å². The number of benzene rings is 1. The second-order valence-corrected chi connectivity index (χ2v) is 5.20. The average Bonchev–Trinajstić information content (AvgIpc) is 2.27. The minimum Gasteiger partial charge on any atom is -0.325 e. The van der Waals surface area contributed by atoms with Gasteiger partial charge in [0.1, 0.15) is 0 Å². The second-order valence-electron chi connectivity index (χ2n) is 4.21. The van der Waals surface area contributed by atoms with Crippen LogP contribution < -0.4 is 5.32 Å². The van der Waals surface area contributed by atoms with E-state index in [1.807, 2.05) is 13.8 Å². The molecule has 0 aliphatic rings. The predicted octanol–water partition coefficient (Wildman–Crippen LogP) is 4.06. The molecule has 0 fully saturated rings. The Balaban J connectivity index is 2.73. The van der Waals surface area contributed by atoms with Gasteiger partial charge in [-0.05, 0) is 30.2 Å². The highest BCUT2D eigenvalue weighted by Crippen LogP contribution is 2.29. The van der Waals surface area contributed by atoms with E-state index < -0.39 is 11.7 Å². The Hall–Kier alpha value is -1.04. The second kappa shape index (κ2) is 5.73. The zero-order valence-corrected chi connectivity index (χ0v) is 11.5. The van der Waals surface area contributed by atoms with Crippen LogP contribution in [0, 0.1) is 5.92 Å². The zero-order chi connectivity index (χ0) is 13.9. The summed E-state index contributed by atoms with van der Waals surface area (Å²) in [7, 11) is 0. The first-order chi connectivity index (χ1) is 8.21. The summed E-state index contributed by atoms with van der Waals surface area (Å²) in [5, 5.41) is 2.55. The van der Waals surface area contributed by atoms with Gasteiger partial charge < -0.3 is 5.32 Å². The fourth-order valence-electron chi connectivity index (χ4n) is 1.26. The fourth-order valence-corrected chi connectivity index (χ4v) is 1.37. The molecule has 0 saturated carbocycles. The van der Waals surface area contributed by atoms with Crippen LogP contribution in [0.4, 0.5) is 18.9 Å². The van der Waals surface area contributed by atoms with E-state index in [2.05, 4.69) is 21.2 Å². The lowest BCUT2D eigenvalue weighted by molar-refractivity contribution is -0.137. The summed E-state index contributed by atoms with van der Waals surface area (Å²) in [6, 6.07) is 4.35. The Morgan fingerprint density at radius 2 is 1.72 bits per heavy atom. The van der Waals surface area contributed by atoms with Gasteiger partial charge in [0, 0.05) is 5.69 Å². The van der Waals surface area contributed by atoms with Gasteiger partial charge in [-0.2, -0.15) is 13.2 Å². The maximum absolute atomic E-state index is 12.3. The van der Waals surface area contributed by atoms with Crippen molar-refractivity contribution in [1.29, 1.82) is 0 Å². The summed E-state index contributed by atoms with van der Waals surface area (Å²) in [5.74, 6) is -0.177. The quantitative estimate of drug-likeness (QED) is 0.835. The van der Waals surface area contributed by atoms with E-state index in [1.165, 1.54) is 12.1 Å². The van der Waals surface area contributed by atoms with Crippen molar-refractivity contribution >= 4 is 27.5 Å². The van der Waals surface area contributed by atoms with Crippen LogP contribution in [0.3, 0.4) is 0 Å². The van der Waals surface area contributed by atoms with Crippen LogP contribution in [0.15, 0.2) is 24.3 Å². The van der Waals surface area contributed by atoms with Crippen molar-refractivity contribution in [1.82, 2.24) is 0 Å². The molecule has 1 aromatic rings. The number of amides is 1. The number of anilines is 1. The van der Waals surface area contributed by atoms with Crippen molar-refractivity contribution in [2.24, 2.45) is 5.92 Å². The van der Waals surface area contributed by atoms with Crippen molar-refractivity contribution < 1.29 is 18.0 Å². The first-order valence-corrected chi connectivity index (χ1v) is 6.25. The van der Waals surface area contributed by atoms with Crippen molar-refractivity contribution in [3.05, 3.63) is 29.8 Å². The molecule has 2 nitrogen and oxygen atoms in total. The van der Waals surface area contributed by atoms with Crippen LogP contribution in [-0.4, -0.2) is 10.7 Å². The number of rotatable bonds is 3. The van der Waals surface area contributed by atoms with Gasteiger partial charge in [-0.3, -0.25) is 4.79 Å². The number of hydrogen-bond acceptors (Lipinski definition) is 1. The van der Waals surface area contributed by atoms with Gasteiger partial charge in [-0.15, -0.1) is 0 Å². The average molecular weight is 324 g/mol.